The van der Waals surface area contributed by atoms with E-state index in [-0.39, 0.29) is 5.56 Å². The number of aromatic amines is 1. The van der Waals surface area contributed by atoms with E-state index in [1.54, 1.807) is 17.5 Å². The fourth-order valence-corrected chi connectivity index (χ4v) is 2.91. The van der Waals surface area contributed by atoms with Crippen molar-refractivity contribution in [1.29, 1.82) is 0 Å². The molecule has 1 aliphatic rings. The Morgan fingerprint density at radius 3 is 3.14 bits per heavy atom. The predicted octanol–water partition coefficient (Wildman–Crippen LogP) is 2.20. The van der Waals surface area contributed by atoms with Crippen molar-refractivity contribution in [2.24, 2.45) is 0 Å². The summed E-state index contributed by atoms with van der Waals surface area (Å²) < 4.78 is 0. The third-order valence-corrected chi connectivity index (χ3v) is 3.66. The average Bonchev–Trinajstić information content (AvgIpc) is 2.65. The molecule has 1 aliphatic carbocycles. The molecule has 0 fully saturated rings. The molecule has 0 spiro atoms. The van der Waals surface area contributed by atoms with Crippen LogP contribution < -0.4 is 5.56 Å². The molecule has 14 heavy (non-hydrogen) atoms. The fraction of sp³-hybridized carbons (Fsp3) is 0.182. The van der Waals surface area contributed by atoms with E-state index in [9.17, 15) is 4.79 Å². The van der Waals surface area contributed by atoms with E-state index in [2.05, 4.69) is 10.4 Å². The van der Waals surface area contributed by atoms with Gasteiger partial charge in [-0.15, -0.1) is 11.3 Å². The molecular weight excluding hydrogens is 194 g/mol. The highest BCUT2D eigenvalue weighted by Gasteiger charge is 2.19. The van der Waals surface area contributed by atoms with Crippen LogP contribution in [-0.2, 0) is 12.8 Å². The molecule has 0 aliphatic heterocycles. The zero-order chi connectivity index (χ0) is 9.54. The zero-order valence-electron chi connectivity index (χ0n) is 7.54. The Labute approximate surface area is 85.2 Å². The van der Waals surface area contributed by atoms with Gasteiger partial charge in [-0.2, -0.15) is 0 Å². The molecule has 0 saturated heterocycles. The van der Waals surface area contributed by atoms with Crippen molar-refractivity contribution < 1.29 is 0 Å². The first-order chi connectivity index (χ1) is 6.86. The Kier molecular flexibility index (Phi) is 1.61. The van der Waals surface area contributed by atoms with Crippen LogP contribution in [0.15, 0.2) is 28.5 Å². The van der Waals surface area contributed by atoms with Gasteiger partial charge >= 0.3 is 0 Å². The summed E-state index contributed by atoms with van der Waals surface area (Å²) in [5.74, 6) is 0. The molecule has 3 heteroatoms. The third-order valence-electron chi connectivity index (χ3n) is 2.68. The van der Waals surface area contributed by atoms with E-state index in [0.717, 1.165) is 24.0 Å². The van der Waals surface area contributed by atoms with Crippen LogP contribution >= 0.6 is 11.3 Å². The van der Waals surface area contributed by atoms with Gasteiger partial charge in [-0.25, -0.2) is 0 Å². The molecule has 70 valence electrons. The number of nitrogens with one attached hydrogen (secondary N) is 1. The molecule has 0 radical (unpaired) electrons. The molecule has 0 atom stereocenters. The lowest BCUT2D eigenvalue weighted by atomic mass is 9.92. The Bertz CT molecular complexity index is 538. The van der Waals surface area contributed by atoms with Crippen LogP contribution in [0.5, 0.6) is 0 Å². The van der Waals surface area contributed by atoms with Crippen LogP contribution in [0.4, 0.5) is 0 Å². The first-order valence-electron chi connectivity index (χ1n) is 4.63. The summed E-state index contributed by atoms with van der Waals surface area (Å²) in [5, 5.41) is 2.06. The van der Waals surface area contributed by atoms with E-state index >= 15 is 0 Å². The van der Waals surface area contributed by atoms with Crippen LogP contribution in [0.3, 0.4) is 0 Å². The summed E-state index contributed by atoms with van der Waals surface area (Å²) in [6, 6.07) is 4.06. The van der Waals surface area contributed by atoms with Crippen LogP contribution in [0.2, 0.25) is 0 Å². The maximum Gasteiger partial charge on any atom is 0.256 e. The van der Waals surface area contributed by atoms with E-state index in [4.69, 9.17) is 0 Å². The minimum absolute atomic E-state index is 0.0434. The number of H-pyrrole nitrogens is 1. The summed E-state index contributed by atoms with van der Waals surface area (Å²) >= 11 is 1.74. The molecule has 2 nitrogen and oxygen atoms in total. The highest BCUT2D eigenvalue weighted by Crippen LogP contribution is 2.33. The quantitative estimate of drug-likeness (QED) is 0.699. The van der Waals surface area contributed by atoms with Crippen molar-refractivity contribution in [3.05, 3.63) is 44.5 Å². The third kappa shape index (κ3) is 0.990. The lowest BCUT2D eigenvalue weighted by molar-refractivity contribution is 0.950. The maximum atomic E-state index is 11.7. The smallest absolute Gasteiger partial charge is 0.256 e. The second-order valence-corrected chi connectivity index (χ2v) is 4.47. The molecule has 0 bridgehead atoms. The highest BCUT2D eigenvalue weighted by atomic mass is 32.1. The van der Waals surface area contributed by atoms with Crippen LogP contribution in [0, 0.1) is 0 Å². The molecule has 2 heterocycles. The van der Waals surface area contributed by atoms with Gasteiger partial charge in [0, 0.05) is 16.6 Å². The van der Waals surface area contributed by atoms with Gasteiger partial charge in [0.2, 0.25) is 0 Å². The second-order valence-electron chi connectivity index (χ2n) is 3.46. The van der Waals surface area contributed by atoms with E-state index in [0.29, 0.717) is 0 Å². The lowest BCUT2D eigenvalue weighted by Gasteiger charge is -2.14. The number of aryl methyl sites for hydroxylation is 2. The maximum absolute atomic E-state index is 11.7. The minimum atomic E-state index is 0.0434. The number of rotatable bonds is 0. The molecule has 3 rings (SSSR count). The number of hydrogen-bond acceptors (Lipinski definition) is 2. The van der Waals surface area contributed by atoms with Crippen molar-refractivity contribution in [2.75, 3.05) is 0 Å². The lowest BCUT2D eigenvalue weighted by Crippen LogP contribution is -2.14. The number of pyridine rings is 1. The summed E-state index contributed by atoms with van der Waals surface area (Å²) in [6.45, 7) is 0. The molecule has 2 aromatic rings. The molecule has 2 aromatic heterocycles. The molecule has 0 unspecified atom stereocenters. The summed E-state index contributed by atoms with van der Waals surface area (Å²) in [5.41, 5.74) is 3.25. The largest absolute Gasteiger partial charge is 0.329 e. The summed E-state index contributed by atoms with van der Waals surface area (Å²) in [7, 11) is 0. The number of thiophene rings is 1. The first kappa shape index (κ1) is 8.00. The molecule has 0 aromatic carbocycles. The van der Waals surface area contributed by atoms with Crippen molar-refractivity contribution >= 4 is 11.3 Å². The monoisotopic (exact) mass is 203 g/mol. The van der Waals surface area contributed by atoms with Gasteiger partial charge in [0.25, 0.3) is 5.56 Å². The minimum Gasteiger partial charge on any atom is -0.329 e. The number of hydrogen-bond donors (Lipinski definition) is 1. The fourth-order valence-electron chi connectivity index (χ4n) is 2.03. The van der Waals surface area contributed by atoms with Crippen molar-refractivity contribution in [2.45, 2.75) is 12.8 Å². The molecular formula is C11H9NOS. The zero-order valence-corrected chi connectivity index (χ0v) is 8.36. The standard InChI is InChI=1S/C11H9NOS/c13-11-10-7(3-5-12-11)1-2-9-8(10)4-6-14-9/h3-6H,1-2H2,(H,12,13). The molecule has 0 saturated carbocycles. The Morgan fingerprint density at radius 2 is 2.21 bits per heavy atom. The van der Waals surface area contributed by atoms with Gasteiger partial charge in [0.1, 0.15) is 0 Å². The van der Waals surface area contributed by atoms with Crippen LogP contribution in [-0.4, -0.2) is 4.98 Å². The average molecular weight is 203 g/mol. The first-order valence-corrected chi connectivity index (χ1v) is 5.51. The molecule has 1 N–H and O–H groups in total. The van der Waals surface area contributed by atoms with E-state index < -0.39 is 0 Å². The van der Waals surface area contributed by atoms with E-state index in [1.165, 1.54) is 10.4 Å². The number of fused-ring (bicyclic) bond motifs is 3. The highest BCUT2D eigenvalue weighted by molar-refractivity contribution is 7.10. The predicted molar refractivity (Wildman–Crippen MR) is 57.8 cm³/mol. The van der Waals surface area contributed by atoms with Gasteiger partial charge in [-0.3, -0.25) is 4.79 Å². The molecule has 0 amide bonds. The Morgan fingerprint density at radius 1 is 1.29 bits per heavy atom. The van der Waals surface area contributed by atoms with Gasteiger partial charge < -0.3 is 4.98 Å². The van der Waals surface area contributed by atoms with E-state index in [1.807, 2.05) is 12.1 Å². The summed E-state index contributed by atoms with van der Waals surface area (Å²) in [4.78, 5) is 15.8. The van der Waals surface area contributed by atoms with Gasteiger partial charge in [-0.1, -0.05) is 0 Å². The van der Waals surface area contributed by atoms with Crippen molar-refractivity contribution in [1.82, 2.24) is 4.98 Å². The Hall–Kier alpha value is -1.35. The SMILES string of the molecule is O=c1[nH]ccc2c1-c1ccsc1CC2. The number of aromatic nitrogens is 1. The summed E-state index contributed by atoms with van der Waals surface area (Å²) in [6.07, 6.45) is 3.80. The van der Waals surface area contributed by atoms with Crippen LogP contribution in [0.1, 0.15) is 10.4 Å². The Balaban J connectivity index is 2.40. The normalized spacial score (nSPS) is 13.4. The van der Waals surface area contributed by atoms with Crippen molar-refractivity contribution in [3.63, 3.8) is 0 Å². The van der Waals surface area contributed by atoms with Crippen LogP contribution in [0.25, 0.3) is 11.1 Å². The van der Waals surface area contributed by atoms with Gasteiger partial charge in [0.15, 0.2) is 0 Å². The second kappa shape index (κ2) is 2.82. The topological polar surface area (TPSA) is 32.9 Å². The van der Waals surface area contributed by atoms with Crippen molar-refractivity contribution in [3.8, 4) is 11.1 Å². The van der Waals surface area contributed by atoms with Gasteiger partial charge in [0.05, 0.1) is 5.56 Å². The van der Waals surface area contributed by atoms with Gasteiger partial charge in [-0.05, 0) is 35.9 Å².